The van der Waals surface area contributed by atoms with Gasteiger partial charge in [-0.3, -0.25) is 4.99 Å². The van der Waals surface area contributed by atoms with Crippen molar-refractivity contribution in [3.05, 3.63) is 6.54 Å². The SMILES string of the molecule is CCOC1=N[CH]C(C)=N[C@H]1CS. The lowest BCUT2D eigenvalue weighted by molar-refractivity contribution is 0.313. The summed E-state index contributed by atoms with van der Waals surface area (Å²) in [5.41, 5.74) is 0.928. The van der Waals surface area contributed by atoms with Crippen molar-refractivity contribution in [3.8, 4) is 0 Å². The van der Waals surface area contributed by atoms with Crippen LogP contribution in [-0.2, 0) is 4.74 Å². The van der Waals surface area contributed by atoms with Crippen molar-refractivity contribution >= 4 is 24.2 Å². The summed E-state index contributed by atoms with van der Waals surface area (Å²) in [5.74, 6) is 1.32. The molecule has 0 amide bonds. The molecule has 0 aliphatic carbocycles. The molecule has 0 aromatic carbocycles. The molecule has 0 unspecified atom stereocenters. The molecule has 1 atom stereocenters. The Morgan fingerprint density at radius 3 is 3.00 bits per heavy atom. The Kier molecular flexibility index (Phi) is 3.59. The molecular formula is C8H13N2OS. The van der Waals surface area contributed by atoms with Crippen LogP contribution in [0.3, 0.4) is 0 Å². The molecule has 0 N–H and O–H groups in total. The second kappa shape index (κ2) is 4.50. The summed E-state index contributed by atoms with van der Waals surface area (Å²) in [7, 11) is 0. The molecule has 1 aliphatic rings. The molecule has 0 aromatic rings. The van der Waals surface area contributed by atoms with Crippen molar-refractivity contribution in [2.24, 2.45) is 9.98 Å². The smallest absolute Gasteiger partial charge is 0.210 e. The van der Waals surface area contributed by atoms with Gasteiger partial charge in [-0.05, 0) is 13.8 Å². The Morgan fingerprint density at radius 1 is 1.67 bits per heavy atom. The molecule has 0 spiro atoms. The van der Waals surface area contributed by atoms with Gasteiger partial charge in [0.1, 0.15) is 12.6 Å². The predicted octanol–water partition coefficient (Wildman–Crippen LogP) is 1.36. The van der Waals surface area contributed by atoms with Gasteiger partial charge < -0.3 is 4.74 Å². The fraction of sp³-hybridized carbons (Fsp3) is 0.625. The molecule has 1 heterocycles. The molecule has 67 valence electrons. The molecule has 1 aliphatic heterocycles. The Balaban J connectivity index is 2.62. The van der Waals surface area contributed by atoms with Gasteiger partial charge in [-0.25, -0.2) is 4.99 Å². The Morgan fingerprint density at radius 2 is 2.42 bits per heavy atom. The van der Waals surface area contributed by atoms with Crippen LogP contribution in [0, 0.1) is 6.54 Å². The number of thiol groups is 1. The molecule has 0 aromatic heterocycles. The summed E-state index contributed by atoms with van der Waals surface area (Å²) in [6.45, 7) is 6.20. The van der Waals surface area contributed by atoms with E-state index in [1.54, 1.807) is 6.54 Å². The lowest BCUT2D eigenvalue weighted by Gasteiger charge is -2.17. The summed E-state index contributed by atoms with van der Waals surface area (Å²) < 4.78 is 5.30. The number of hydrogen-bond acceptors (Lipinski definition) is 4. The van der Waals surface area contributed by atoms with Gasteiger partial charge >= 0.3 is 0 Å². The monoisotopic (exact) mass is 185 g/mol. The van der Waals surface area contributed by atoms with Crippen LogP contribution >= 0.6 is 12.6 Å². The number of hydrogen-bond donors (Lipinski definition) is 1. The zero-order valence-corrected chi connectivity index (χ0v) is 8.21. The number of rotatable bonds is 2. The van der Waals surface area contributed by atoms with Crippen LogP contribution in [0.4, 0.5) is 0 Å². The van der Waals surface area contributed by atoms with Gasteiger partial charge in [0, 0.05) is 11.5 Å². The highest BCUT2D eigenvalue weighted by Gasteiger charge is 2.18. The molecule has 4 heteroatoms. The number of ether oxygens (including phenoxy) is 1. The molecular weight excluding hydrogens is 172 g/mol. The normalized spacial score (nSPS) is 23.1. The van der Waals surface area contributed by atoms with Crippen LogP contribution < -0.4 is 0 Å². The quantitative estimate of drug-likeness (QED) is 0.647. The van der Waals surface area contributed by atoms with E-state index in [9.17, 15) is 0 Å². The summed E-state index contributed by atoms with van der Waals surface area (Å²) >= 11 is 4.17. The second-order valence-electron chi connectivity index (χ2n) is 2.50. The van der Waals surface area contributed by atoms with Crippen LogP contribution in [0.5, 0.6) is 0 Å². The molecule has 0 saturated heterocycles. The summed E-state index contributed by atoms with van der Waals surface area (Å²) in [6.07, 6.45) is 0. The van der Waals surface area contributed by atoms with Crippen LogP contribution in [-0.4, -0.2) is 30.0 Å². The maximum absolute atomic E-state index is 5.30. The summed E-state index contributed by atoms with van der Waals surface area (Å²) in [5, 5.41) is 0. The van der Waals surface area contributed by atoms with Crippen molar-refractivity contribution in [1.29, 1.82) is 0 Å². The molecule has 1 rings (SSSR count). The number of nitrogens with zero attached hydrogens (tertiary/aromatic N) is 2. The van der Waals surface area contributed by atoms with Gasteiger partial charge in [-0.1, -0.05) is 0 Å². The van der Waals surface area contributed by atoms with E-state index >= 15 is 0 Å². The second-order valence-corrected chi connectivity index (χ2v) is 2.86. The third-order valence-corrected chi connectivity index (χ3v) is 1.83. The minimum atomic E-state index is -0.00159. The van der Waals surface area contributed by atoms with Gasteiger partial charge in [0.05, 0.1) is 6.61 Å². The Hall–Kier alpha value is -0.510. The third-order valence-electron chi connectivity index (χ3n) is 1.49. The predicted molar refractivity (Wildman–Crippen MR) is 54.1 cm³/mol. The highest BCUT2D eigenvalue weighted by molar-refractivity contribution is 7.80. The molecule has 0 saturated carbocycles. The van der Waals surface area contributed by atoms with E-state index < -0.39 is 0 Å². The molecule has 0 fully saturated rings. The average Bonchev–Trinajstić information content (AvgIpc) is 2.08. The third kappa shape index (κ3) is 2.24. The van der Waals surface area contributed by atoms with E-state index in [0.29, 0.717) is 18.3 Å². The van der Waals surface area contributed by atoms with E-state index in [1.165, 1.54) is 0 Å². The van der Waals surface area contributed by atoms with Crippen molar-refractivity contribution in [2.45, 2.75) is 19.9 Å². The lowest BCUT2D eigenvalue weighted by Crippen LogP contribution is -2.28. The van der Waals surface area contributed by atoms with Crippen LogP contribution in [0.25, 0.3) is 0 Å². The first-order valence-electron chi connectivity index (χ1n) is 3.97. The lowest BCUT2D eigenvalue weighted by atomic mass is 10.2. The van der Waals surface area contributed by atoms with E-state index in [1.807, 2.05) is 13.8 Å². The minimum Gasteiger partial charge on any atom is -0.480 e. The zero-order valence-electron chi connectivity index (χ0n) is 7.32. The maximum atomic E-state index is 5.30. The fourth-order valence-corrected chi connectivity index (χ4v) is 1.22. The number of aliphatic imine (C=N–C) groups is 2. The maximum Gasteiger partial charge on any atom is 0.210 e. The van der Waals surface area contributed by atoms with Crippen molar-refractivity contribution in [3.63, 3.8) is 0 Å². The van der Waals surface area contributed by atoms with Crippen LogP contribution in [0.2, 0.25) is 0 Å². The van der Waals surface area contributed by atoms with Crippen molar-refractivity contribution < 1.29 is 4.74 Å². The Labute approximate surface area is 78.3 Å². The van der Waals surface area contributed by atoms with Crippen molar-refractivity contribution in [1.82, 2.24) is 0 Å². The summed E-state index contributed by atoms with van der Waals surface area (Å²) in [6, 6.07) is -0.00159. The van der Waals surface area contributed by atoms with Crippen LogP contribution in [0.15, 0.2) is 9.98 Å². The molecule has 0 bridgehead atoms. The average molecular weight is 185 g/mol. The standard InChI is InChI=1S/C8H13N2OS/c1-3-11-8-7(5-12)10-6(2)4-9-8/h4,7,12H,3,5H2,1-2H3/t7-/m0/s1. The van der Waals surface area contributed by atoms with E-state index in [-0.39, 0.29) is 6.04 Å². The Bertz CT molecular complexity index is 213. The van der Waals surface area contributed by atoms with Gasteiger partial charge in [0.25, 0.3) is 0 Å². The largest absolute Gasteiger partial charge is 0.480 e. The molecule has 12 heavy (non-hydrogen) atoms. The first-order chi connectivity index (χ1) is 5.77. The zero-order chi connectivity index (χ0) is 8.97. The van der Waals surface area contributed by atoms with Gasteiger partial charge in [-0.15, -0.1) is 0 Å². The highest BCUT2D eigenvalue weighted by atomic mass is 32.1. The molecule has 1 radical (unpaired) electrons. The highest BCUT2D eigenvalue weighted by Crippen LogP contribution is 2.08. The van der Waals surface area contributed by atoms with E-state index in [0.717, 1.165) is 5.71 Å². The fourth-order valence-electron chi connectivity index (χ4n) is 0.978. The van der Waals surface area contributed by atoms with Gasteiger partial charge in [0.2, 0.25) is 5.90 Å². The first kappa shape index (κ1) is 9.58. The van der Waals surface area contributed by atoms with Gasteiger partial charge in [0.15, 0.2) is 0 Å². The van der Waals surface area contributed by atoms with Gasteiger partial charge in [-0.2, -0.15) is 12.6 Å². The first-order valence-corrected chi connectivity index (χ1v) is 4.60. The summed E-state index contributed by atoms with van der Waals surface area (Å²) in [4.78, 5) is 8.47. The topological polar surface area (TPSA) is 34.0 Å². The minimum absolute atomic E-state index is 0.00159. The van der Waals surface area contributed by atoms with Crippen LogP contribution in [0.1, 0.15) is 13.8 Å². The van der Waals surface area contributed by atoms with E-state index in [4.69, 9.17) is 4.74 Å². The van der Waals surface area contributed by atoms with E-state index in [2.05, 4.69) is 22.6 Å². The molecule has 3 nitrogen and oxygen atoms in total. The van der Waals surface area contributed by atoms with Crippen molar-refractivity contribution in [2.75, 3.05) is 12.4 Å².